The highest BCUT2D eigenvalue weighted by Gasteiger charge is 2.34. The van der Waals surface area contributed by atoms with Gasteiger partial charge >= 0.3 is 0 Å². The van der Waals surface area contributed by atoms with Crippen molar-refractivity contribution in [2.45, 2.75) is 44.4 Å². The van der Waals surface area contributed by atoms with Crippen LogP contribution in [0.3, 0.4) is 0 Å². The zero-order valence-electron chi connectivity index (χ0n) is 19.2. The molecule has 8 nitrogen and oxygen atoms in total. The molecule has 2 aromatic rings. The van der Waals surface area contributed by atoms with Gasteiger partial charge in [0.15, 0.2) is 0 Å². The van der Waals surface area contributed by atoms with Crippen molar-refractivity contribution in [3.05, 3.63) is 47.8 Å². The van der Waals surface area contributed by atoms with Crippen LogP contribution in [0, 0.1) is 18.8 Å². The lowest BCUT2D eigenvalue weighted by atomic mass is 9.98. The summed E-state index contributed by atoms with van der Waals surface area (Å²) in [4.78, 5) is 30.2. The maximum absolute atomic E-state index is 13.3. The zero-order chi connectivity index (χ0) is 23.6. The van der Waals surface area contributed by atoms with Crippen LogP contribution in [0.15, 0.2) is 41.4 Å². The van der Waals surface area contributed by atoms with Gasteiger partial charge in [0.25, 0.3) is 5.91 Å². The van der Waals surface area contributed by atoms with Crippen LogP contribution in [0.2, 0.25) is 0 Å². The monoisotopic (exact) mass is 472 g/mol. The van der Waals surface area contributed by atoms with Crippen LogP contribution in [0.4, 0.5) is 5.69 Å². The largest absolute Gasteiger partial charge is 0.356 e. The van der Waals surface area contributed by atoms with Gasteiger partial charge in [-0.1, -0.05) is 24.6 Å². The molecule has 0 bridgehead atoms. The molecule has 0 saturated carbocycles. The summed E-state index contributed by atoms with van der Waals surface area (Å²) in [6, 6.07) is 8.94. The highest BCUT2D eigenvalue weighted by Crippen LogP contribution is 2.26. The molecule has 2 aliphatic rings. The number of aryl methyl sites for hydroxylation is 1. The molecule has 33 heavy (non-hydrogen) atoms. The number of benzene rings is 1. The molecule has 2 aliphatic heterocycles. The number of nitrogens with one attached hydrogen (secondary N) is 2. The minimum Gasteiger partial charge on any atom is -0.356 e. The fourth-order valence-corrected chi connectivity index (χ4v) is 5.95. The number of aromatic nitrogens is 1. The maximum Gasteiger partial charge on any atom is 0.270 e. The quantitative estimate of drug-likeness (QED) is 0.697. The number of aromatic amines is 1. The molecule has 2 fully saturated rings. The summed E-state index contributed by atoms with van der Waals surface area (Å²) in [7, 11) is -3.81. The van der Waals surface area contributed by atoms with Crippen LogP contribution in [-0.2, 0) is 14.8 Å². The summed E-state index contributed by atoms with van der Waals surface area (Å²) >= 11 is 0. The number of hydrogen-bond acceptors (Lipinski definition) is 4. The molecule has 1 unspecified atom stereocenters. The van der Waals surface area contributed by atoms with Gasteiger partial charge in [-0.2, -0.15) is 4.31 Å². The molecule has 0 radical (unpaired) electrons. The number of carbonyl (C=O) groups is 2. The van der Waals surface area contributed by atoms with E-state index in [1.165, 1.54) is 16.6 Å². The Balaban J connectivity index is 1.42. The second kappa shape index (κ2) is 9.69. The van der Waals surface area contributed by atoms with Crippen molar-refractivity contribution in [3.8, 4) is 0 Å². The first kappa shape index (κ1) is 23.5. The van der Waals surface area contributed by atoms with Crippen molar-refractivity contribution in [2.24, 2.45) is 11.8 Å². The van der Waals surface area contributed by atoms with Crippen molar-refractivity contribution < 1.29 is 18.0 Å². The number of H-pyrrole nitrogens is 1. The van der Waals surface area contributed by atoms with E-state index in [-0.39, 0.29) is 28.9 Å². The summed E-state index contributed by atoms with van der Waals surface area (Å²) in [5, 5.41) is 2.89. The fraction of sp³-hybridized carbons (Fsp3) is 0.500. The second-order valence-electron chi connectivity index (χ2n) is 9.28. The van der Waals surface area contributed by atoms with Crippen molar-refractivity contribution in [2.75, 3.05) is 31.5 Å². The smallest absolute Gasteiger partial charge is 0.270 e. The van der Waals surface area contributed by atoms with Crippen molar-refractivity contribution in [1.82, 2.24) is 14.2 Å². The van der Waals surface area contributed by atoms with E-state index in [1.807, 2.05) is 31.2 Å². The molecule has 178 valence electrons. The minimum absolute atomic E-state index is 0.0656. The Kier molecular flexibility index (Phi) is 6.90. The Morgan fingerprint density at radius 2 is 1.76 bits per heavy atom. The van der Waals surface area contributed by atoms with Crippen molar-refractivity contribution in [1.29, 1.82) is 0 Å². The summed E-state index contributed by atoms with van der Waals surface area (Å²) < 4.78 is 27.9. The highest BCUT2D eigenvalue weighted by molar-refractivity contribution is 7.89. The van der Waals surface area contributed by atoms with Gasteiger partial charge in [-0.3, -0.25) is 9.59 Å². The van der Waals surface area contributed by atoms with Crippen LogP contribution in [0.5, 0.6) is 0 Å². The fourth-order valence-electron chi connectivity index (χ4n) is 4.43. The Bertz CT molecular complexity index is 1100. The molecule has 3 heterocycles. The Labute approximate surface area is 195 Å². The van der Waals surface area contributed by atoms with E-state index in [4.69, 9.17) is 0 Å². The van der Waals surface area contributed by atoms with E-state index >= 15 is 0 Å². The highest BCUT2D eigenvalue weighted by atomic mass is 32.2. The molecule has 1 atom stereocenters. The lowest BCUT2D eigenvalue weighted by Crippen LogP contribution is -2.43. The Morgan fingerprint density at radius 3 is 2.45 bits per heavy atom. The average Bonchev–Trinajstić information content (AvgIpc) is 3.32. The van der Waals surface area contributed by atoms with Crippen molar-refractivity contribution >= 4 is 27.5 Å². The molecule has 4 rings (SSSR count). The van der Waals surface area contributed by atoms with Crippen LogP contribution in [-0.4, -0.2) is 60.6 Å². The number of nitrogens with zero attached hydrogens (tertiary/aromatic N) is 2. The standard InChI is InChI=1S/C24H32N4O4S/c1-17-5-7-20(8-6-17)26-23(29)19-4-3-11-28(16-19)33(31,32)21-14-22(25-15-21)24(30)27-12-9-18(2)10-13-27/h5-8,14-15,18-19,25H,3-4,9-13,16H2,1-2H3,(H,26,29). The van der Waals surface area contributed by atoms with E-state index in [2.05, 4.69) is 17.2 Å². The number of sulfonamides is 1. The summed E-state index contributed by atoms with van der Waals surface area (Å²) in [6.45, 7) is 6.00. The molecular weight excluding hydrogens is 440 g/mol. The van der Waals surface area contributed by atoms with E-state index in [0.717, 1.165) is 18.4 Å². The SMILES string of the molecule is Cc1ccc(NC(=O)C2CCCN(S(=O)(=O)c3c[nH]c(C(=O)N4CCC(C)CC4)c3)C2)cc1. The van der Waals surface area contributed by atoms with Gasteiger partial charge in [0.1, 0.15) is 10.6 Å². The summed E-state index contributed by atoms with van der Waals surface area (Å²) in [5.74, 6) is -0.172. The molecule has 0 spiro atoms. The molecule has 1 aromatic heterocycles. The van der Waals surface area contributed by atoms with Crippen LogP contribution < -0.4 is 5.32 Å². The summed E-state index contributed by atoms with van der Waals surface area (Å²) in [6.07, 6.45) is 4.53. The van der Waals surface area contributed by atoms with Crippen LogP contribution >= 0.6 is 0 Å². The van der Waals surface area contributed by atoms with Gasteiger partial charge in [0.05, 0.1) is 5.92 Å². The van der Waals surface area contributed by atoms with Gasteiger partial charge in [-0.05, 0) is 56.7 Å². The second-order valence-corrected chi connectivity index (χ2v) is 11.2. The molecule has 1 aromatic carbocycles. The van der Waals surface area contributed by atoms with Crippen LogP contribution in [0.25, 0.3) is 0 Å². The topological polar surface area (TPSA) is 103 Å². The van der Waals surface area contributed by atoms with Gasteiger partial charge in [0, 0.05) is 38.1 Å². The number of likely N-dealkylation sites (tertiary alicyclic amines) is 1. The van der Waals surface area contributed by atoms with Gasteiger partial charge in [-0.15, -0.1) is 0 Å². The lowest BCUT2D eigenvalue weighted by molar-refractivity contribution is -0.120. The van der Waals surface area contributed by atoms with E-state index in [9.17, 15) is 18.0 Å². The molecule has 2 saturated heterocycles. The first-order valence-electron chi connectivity index (χ1n) is 11.6. The van der Waals surface area contributed by atoms with Crippen molar-refractivity contribution in [3.63, 3.8) is 0 Å². The van der Waals surface area contributed by atoms with Gasteiger partial charge < -0.3 is 15.2 Å². The third kappa shape index (κ3) is 5.30. The molecule has 2 amide bonds. The first-order chi connectivity index (χ1) is 15.7. The maximum atomic E-state index is 13.3. The minimum atomic E-state index is -3.81. The number of carbonyl (C=O) groups excluding carboxylic acids is 2. The van der Waals surface area contributed by atoms with E-state index in [0.29, 0.717) is 44.1 Å². The third-order valence-electron chi connectivity index (χ3n) is 6.67. The predicted octanol–water partition coefficient (Wildman–Crippen LogP) is 3.23. The number of rotatable bonds is 5. The van der Waals surface area contributed by atoms with Gasteiger partial charge in [0.2, 0.25) is 15.9 Å². The first-order valence-corrected chi connectivity index (χ1v) is 13.0. The average molecular weight is 473 g/mol. The number of hydrogen-bond donors (Lipinski definition) is 2. The lowest BCUT2D eigenvalue weighted by Gasteiger charge is -2.31. The number of amides is 2. The Hall–Kier alpha value is -2.65. The van der Waals surface area contributed by atoms with E-state index in [1.54, 1.807) is 4.90 Å². The number of anilines is 1. The zero-order valence-corrected chi connectivity index (χ0v) is 20.0. The molecule has 2 N–H and O–H groups in total. The Morgan fingerprint density at radius 1 is 1.06 bits per heavy atom. The molecular formula is C24H32N4O4S. The summed E-state index contributed by atoms with van der Waals surface area (Å²) in [5.41, 5.74) is 2.09. The predicted molar refractivity (Wildman–Crippen MR) is 126 cm³/mol. The molecule has 0 aliphatic carbocycles. The third-order valence-corrected chi connectivity index (χ3v) is 8.51. The van der Waals surface area contributed by atoms with Gasteiger partial charge in [-0.25, -0.2) is 8.42 Å². The normalized spacial score (nSPS) is 20.5. The molecule has 9 heteroatoms. The number of piperidine rings is 2. The van der Waals surface area contributed by atoms with E-state index < -0.39 is 15.9 Å². The van der Waals surface area contributed by atoms with Crippen LogP contribution in [0.1, 0.15) is 48.7 Å².